The van der Waals surface area contributed by atoms with Crippen molar-refractivity contribution in [3.8, 4) is 10.6 Å². The van der Waals surface area contributed by atoms with Crippen molar-refractivity contribution >= 4 is 23.2 Å². The molecule has 0 radical (unpaired) electrons. The van der Waals surface area contributed by atoms with E-state index < -0.39 is 11.4 Å². The number of likely N-dealkylation sites (tertiary alicyclic amines) is 1. The van der Waals surface area contributed by atoms with Gasteiger partial charge in [-0.05, 0) is 37.3 Å². The van der Waals surface area contributed by atoms with Gasteiger partial charge < -0.3 is 10.0 Å². The zero-order valence-electron chi connectivity index (χ0n) is 12.2. The van der Waals surface area contributed by atoms with Gasteiger partial charge in [-0.25, -0.2) is 0 Å². The number of carboxylic acid groups (broad SMARTS) is 1. The van der Waals surface area contributed by atoms with Crippen LogP contribution in [0.1, 0.15) is 30.3 Å². The van der Waals surface area contributed by atoms with Gasteiger partial charge in [-0.3, -0.25) is 14.7 Å². The number of H-pyrrole nitrogens is 1. The van der Waals surface area contributed by atoms with Gasteiger partial charge in [0.2, 0.25) is 0 Å². The van der Waals surface area contributed by atoms with E-state index in [9.17, 15) is 14.7 Å². The molecule has 1 aliphatic rings. The molecule has 1 unspecified atom stereocenters. The molecule has 0 saturated carbocycles. The molecule has 6 nitrogen and oxygen atoms in total. The van der Waals surface area contributed by atoms with E-state index in [1.165, 1.54) is 0 Å². The number of nitrogens with one attached hydrogen (secondary N) is 1. The van der Waals surface area contributed by atoms with Crippen molar-refractivity contribution < 1.29 is 14.7 Å². The Kier molecular flexibility index (Phi) is 3.74. The molecule has 3 rings (SSSR count). The van der Waals surface area contributed by atoms with Crippen LogP contribution in [0.15, 0.2) is 23.6 Å². The Balaban J connectivity index is 1.78. The van der Waals surface area contributed by atoms with Gasteiger partial charge in [0, 0.05) is 13.1 Å². The van der Waals surface area contributed by atoms with Gasteiger partial charge in [0.1, 0.15) is 0 Å². The van der Waals surface area contributed by atoms with Crippen LogP contribution in [0.25, 0.3) is 10.6 Å². The Morgan fingerprint density at radius 1 is 1.50 bits per heavy atom. The maximum atomic E-state index is 12.5. The smallest absolute Gasteiger partial charge is 0.311 e. The van der Waals surface area contributed by atoms with Crippen LogP contribution >= 0.6 is 11.3 Å². The van der Waals surface area contributed by atoms with E-state index >= 15 is 0 Å². The standard InChI is InChI=1S/C15H17N3O3S/c1-15(14(20)21)5-3-6-18(9-15)13(19)11-8-10(16-17-11)12-4-2-7-22-12/h2,4,7-8H,3,5-6,9H2,1H3,(H,16,17)(H,20,21). The summed E-state index contributed by atoms with van der Waals surface area (Å²) in [5.74, 6) is -1.07. The van der Waals surface area contributed by atoms with Crippen LogP contribution in [0, 0.1) is 5.41 Å². The Morgan fingerprint density at radius 2 is 2.32 bits per heavy atom. The molecule has 22 heavy (non-hydrogen) atoms. The fourth-order valence-electron chi connectivity index (χ4n) is 2.74. The van der Waals surface area contributed by atoms with E-state index in [1.807, 2.05) is 17.5 Å². The lowest BCUT2D eigenvalue weighted by molar-refractivity contribution is -0.150. The zero-order chi connectivity index (χ0) is 15.7. The molecule has 1 atom stereocenters. The second kappa shape index (κ2) is 5.57. The topological polar surface area (TPSA) is 86.3 Å². The summed E-state index contributed by atoms with van der Waals surface area (Å²) in [6.45, 7) is 2.49. The first-order chi connectivity index (χ1) is 10.5. The highest BCUT2D eigenvalue weighted by Crippen LogP contribution is 2.31. The second-order valence-corrected chi connectivity index (χ2v) is 6.79. The number of carbonyl (C=O) groups excluding carboxylic acids is 1. The van der Waals surface area contributed by atoms with Crippen LogP contribution in [0.2, 0.25) is 0 Å². The number of hydrogen-bond acceptors (Lipinski definition) is 4. The summed E-state index contributed by atoms with van der Waals surface area (Å²) < 4.78 is 0. The Morgan fingerprint density at radius 3 is 3.00 bits per heavy atom. The van der Waals surface area contributed by atoms with Crippen molar-refractivity contribution in [1.29, 1.82) is 0 Å². The first kappa shape index (κ1) is 14.8. The van der Waals surface area contributed by atoms with Crippen LogP contribution in [-0.4, -0.2) is 45.2 Å². The lowest BCUT2D eigenvalue weighted by Crippen LogP contribution is -2.48. The minimum Gasteiger partial charge on any atom is -0.481 e. The van der Waals surface area contributed by atoms with Crippen molar-refractivity contribution in [2.24, 2.45) is 5.41 Å². The fourth-order valence-corrected chi connectivity index (χ4v) is 3.43. The maximum Gasteiger partial charge on any atom is 0.311 e. The minimum atomic E-state index is -0.874. The van der Waals surface area contributed by atoms with Gasteiger partial charge in [-0.15, -0.1) is 11.3 Å². The highest BCUT2D eigenvalue weighted by molar-refractivity contribution is 7.13. The lowest BCUT2D eigenvalue weighted by atomic mass is 9.82. The molecule has 2 aromatic rings. The van der Waals surface area contributed by atoms with Crippen molar-refractivity contribution in [1.82, 2.24) is 15.1 Å². The van der Waals surface area contributed by atoms with Gasteiger partial charge in [-0.1, -0.05) is 6.07 Å². The van der Waals surface area contributed by atoms with Gasteiger partial charge in [-0.2, -0.15) is 5.10 Å². The highest BCUT2D eigenvalue weighted by atomic mass is 32.1. The molecule has 1 fully saturated rings. The summed E-state index contributed by atoms with van der Waals surface area (Å²) >= 11 is 1.57. The molecule has 116 valence electrons. The summed E-state index contributed by atoms with van der Waals surface area (Å²) in [5, 5.41) is 18.2. The molecule has 0 aromatic carbocycles. The molecular weight excluding hydrogens is 302 g/mol. The van der Waals surface area contributed by atoms with Crippen LogP contribution < -0.4 is 0 Å². The van der Waals surface area contributed by atoms with Crippen LogP contribution in [0.5, 0.6) is 0 Å². The zero-order valence-corrected chi connectivity index (χ0v) is 13.0. The summed E-state index contributed by atoms with van der Waals surface area (Å²) in [4.78, 5) is 26.5. The number of piperidine rings is 1. The predicted molar refractivity (Wildman–Crippen MR) is 82.8 cm³/mol. The van der Waals surface area contributed by atoms with E-state index in [-0.39, 0.29) is 12.5 Å². The van der Waals surface area contributed by atoms with E-state index in [1.54, 1.807) is 29.2 Å². The highest BCUT2D eigenvalue weighted by Gasteiger charge is 2.39. The molecule has 2 aromatic heterocycles. The van der Waals surface area contributed by atoms with Crippen molar-refractivity contribution in [3.63, 3.8) is 0 Å². The largest absolute Gasteiger partial charge is 0.481 e. The average Bonchev–Trinajstić information content (AvgIpc) is 3.17. The molecule has 3 heterocycles. The van der Waals surface area contributed by atoms with E-state index in [0.717, 1.165) is 10.6 Å². The van der Waals surface area contributed by atoms with Gasteiger partial charge in [0.25, 0.3) is 5.91 Å². The number of nitrogens with zero attached hydrogens (tertiary/aromatic N) is 2. The second-order valence-electron chi connectivity index (χ2n) is 5.84. The summed E-state index contributed by atoms with van der Waals surface area (Å²) in [6.07, 6.45) is 1.28. The molecule has 7 heteroatoms. The van der Waals surface area contributed by atoms with Crippen molar-refractivity contribution in [2.45, 2.75) is 19.8 Å². The molecular formula is C15H17N3O3S. The normalized spacial score (nSPS) is 21.8. The number of hydrogen-bond donors (Lipinski definition) is 2. The molecule has 1 saturated heterocycles. The summed E-state index contributed by atoms with van der Waals surface area (Å²) in [6, 6.07) is 5.61. The number of amides is 1. The average molecular weight is 319 g/mol. The number of carbonyl (C=O) groups is 2. The Bertz CT molecular complexity index is 695. The Hall–Kier alpha value is -2.15. The van der Waals surface area contributed by atoms with Crippen molar-refractivity contribution in [2.75, 3.05) is 13.1 Å². The van der Waals surface area contributed by atoms with Crippen molar-refractivity contribution in [3.05, 3.63) is 29.3 Å². The first-order valence-corrected chi connectivity index (χ1v) is 7.99. The number of carboxylic acids is 1. The molecule has 1 aliphatic heterocycles. The van der Waals surface area contributed by atoms with Gasteiger partial charge >= 0.3 is 5.97 Å². The monoisotopic (exact) mass is 319 g/mol. The predicted octanol–water partition coefficient (Wildman–Crippen LogP) is 2.47. The summed E-state index contributed by atoms with van der Waals surface area (Å²) in [5.41, 5.74) is 0.259. The van der Waals surface area contributed by atoms with Crippen LogP contribution in [0.3, 0.4) is 0 Å². The number of aliphatic carboxylic acids is 1. The fraction of sp³-hybridized carbons (Fsp3) is 0.400. The van der Waals surface area contributed by atoms with Crippen LogP contribution in [-0.2, 0) is 4.79 Å². The van der Waals surface area contributed by atoms with Crippen LogP contribution in [0.4, 0.5) is 0 Å². The van der Waals surface area contributed by atoms with E-state index in [0.29, 0.717) is 25.1 Å². The van der Waals surface area contributed by atoms with Gasteiger partial charge in [0.05, 0.1) is 16.0 Å². The molecule has 0 spiro atoms. The Labute approximate surface area is 131 Å². The maximum absolute atomic E-state index is 12.5. The molecule has 2 N–H and O–H groups in total. The quantitative estimate of drug-likeness (QED) is 0.910. The molecule has 0 bridgehead atoms. The SMILES string of the molecule is CC1(C(=O)O)CCCN(C(=O)c2cc(-c3cccs3)[nH]n2)C1. The minimum absolute atomic E-state index is 0.216. The first-order valence-electron chi connectivity index (χ1n) is 7.11. The number of thiophene rings is 1. The number of aromatic nitrogens is 2. The third kappa shape index (κ3) is 2.64. The van der Waals surface area contributed by atoms with E-state index in [2.05, 4.69) is 10.2 Å². The number of aromatic amines is 1. The summed E-state index contributed by atoms with van der Waals surface area (Å²) in [7, 11) is 0. The number of rotatable bonds is 3. The molecule has 0 aliphatic carbocycles. The third-order valence-electron chi connectivity index (χ3n) is 4.08. The lowest BCUT2D eigenvalue weighted by Gasteiger charge is -2.37. The van der Waals surface area contributed by atoms with Gasteiger partial charge in [0.15, 0.2) is 5.69 Å². The third-order valence-corrected chi connectivity index (χ3v) is 4.99. The van der Waals surface area contributed by atoms with E-state index in [4.69, 9.17) is 0 Å². The molecule has 1 amide bonds.